The van der Waals surface area contributed by atoms with E-state index in [0.29, 0.717) is 12.1 Å². The number of piperidine rings is 1. The lowest BCUT2D eigenvalue weighted by atomic mass is 9.88. The van der Waals surface area contributed by atoms with Crippen molar-refractivity contribution in [3.63, 3.8) is 0 Å². The van der Waals surface area contributed by atoms with Gasteiger partial charge in [0.05, 0.1) is 11.5 Å². The minimum Gasteiger partial charge on any atom is -0.457 e. The van der Waals surface area contributed by atoms with Crippen LogP contribution in [-0.2, 0) is 16.1 Å². The Bertz CT molecular complexity index is 1090. The van der Waals surface area contributed by atoms with Crippen molar-refractivity contribution in [2.24, 2.45) is 0 Å². The lowest BCUT2D eigenvalue weighted by Gasteiger charge is -2.32. The Kier molecular flexibility index (Phi) is 7.97. The minimum atomic E-state index is -0.451. The Balaban J connectivity index is 1.58. The number of hydrogen-bond donors (Lipinski definition) is 1. The summed E-state index contributed by atoms with van der Waals surface area (Å²) in [6.07, 6.45) is 3.58. The molecule has 1 unspecified atom stereocenters. The number of amides is 1. The van der Waals surface area contributed by atoms with E-state index in [1.165, 1.54) is 19.3 Å². The van der Waals surface area contributed by atoms with Crippen LogP contribution in [0, 0.1) is 0 Å². The van der Waals surface area contributed by atoms with Crippen LogP contribution in [0.5, 0.6) is 0 Å². The van der Waals surface area contributed by atoms with Gasteiger partial charge in [0.15, 0.2) is 0 Å². The van der Waals surface area contributed by atoms with Crippen LogP contribution in [0.2, 0.25) is 0 Å². The molecule has 0 spiro atoms. The average Bonchev–Trinajstić information content (AvgIpc) is 2.89. The third-order valence-corrected chi connectivity index (χ3v) is 6.25. The quantitative estimate of drug-likeness (QED) is 0.467. The number of esters is 1. The van der Waals surface area contributed by atoms with E-state index < -0.39 is 5.92 Å². The molecule has 0 bridgehead atoms. The summed E-state index contributed by atoms with van der Waals surface area (Å²) < 4.78 is 5.46. The Morgan fingerprint density at radius 1 is 0.882 bits per heavy atom. The summed E-state index contributed by atoms with van der Waals surface area (Å²) in [4.78, 5) is 28.2. The molecule has 34 heavy (non-hydrogen) atoms. The fourth-order valence-electron chi connectivity index (χ4n) is 4.52. The van der Waals surface area contributed by atoms with Crippen molar-refractivity contribution in [1.29, 1.82) is 0 Å². The van der Waals surface area contributed by atoms with Crippen molar-refractivity contribution < 1.29 is 14.3 Å². The van der Waals surface area contributed by atoms with Gasteiger partial charge < -0.3 is 15.0 Å². The number of nitrogens with one attached hydrogen (secondary N) is 1. The first-order valence-electron chi connectivity index (χ1n) is 12.1. The second kappa shape index (κ2) is 11.5. The molecule has 1 amide bonds. The number of ether oxygens (including phenoxy) is 1. The van der Waals surface area contributed by atoms with Crippen LogP contribution >= 0.6 is 0 Å². The molecule has 1 aliphatic heterocycles. The molecule has 1 aliphatic rings. The molecule has 5 nitrogen and oxygen atoms in total. The number of carbonyl (C=O) groups is 2. The molecule has 1 saturated heterocycles. The van der Waals surface area contributed by atoms with E-state index in [0.717, 1.165) is 35.5 Å². The van der Waals surface area contributed by atoms with Crippen LogP contribution in [0.4, 0.5) is 5.69 Å². The summed E-state index contributed by atoms with van der Waals surface area (Å²) in [7, 11) is 0. The Morgan fingerprint density at radius 3 is 2.26 bits per heavy atom. The molecule has 3 aromatic rings. The molecule has 1 atom stereocenters. The molecule has 1 heterocycles. The number of nitrogens with zero attached hydrogens (tertiary/aromatic N) is 1. The van der Waals surface area contributed by atoms with Crippen molar-refractivity contribution in [1.82, 2.24) is 5.32 Å². The van der Waals surface area contributed by atoms with Crippen molar-refractivity contribution >= 4 is 17.6 Å². The highest BCUT2D eigenvalue weighted by atomic mass is 16.5. The van der Waals surface area contributed by atoms with Crippen molar-refractivity contribution in [2.75, 3.05) is 24.5 Å². The molecule has 4 rings (SSSR count). The second-order valence-corrected chi connectivity index (χ2v) is 8.62. The van der Waals surface area contributed by atoms with Gasteiger partial charge in [-0.1, -0.05) is 60.7 Å². The predicted octanol–water partition coefficient (Wildman–Crippen LogP) is 5.30. The number of rotatable bonds is 8. The first kappa shape index (κ1) is 23.6. The van der Waals surface area contributed by atoms with Gasteiger partial charge in [0.2, 0.25) is 5.91 Å². The molecule has 176 valence electrons. The van der Waals surface area contributed by atoms with Gasteiger partial charge in [-0.2, -0.15) is 0 Å². The van der Waals surface area contributed by atoms with Gasteiger partial charge in [-0.05, 0) is 61.1 Å². The van der Waals surface area contributed by atoms with Crippen LogP contribution in [0.25, 0.3) is 0 Å². The molecule has 1 N–H and O–H groups in total. The van der Waals surface area contributed by atoms with Crippen molar-refractivity contribution in [2.45, 2.75) is 38.7 Å². The van der Waals surface area contributed by atoms with Crippen molar-refractivity contribution in [3.8, 4) is 0 Å². The van der Waals surface area contributed by atoms with Gasteiger partial charge in [-0.15, -0.1) is 0 Å². The van der Waals surface area contributed by atoms with Crippen LogP contribution in [0.15, 0.2) is 78.9 Å². The maximum Gasteiger partial charge on any atom is 0.338 e. The number of likely N-dealkylation sites (N-methyl/N-ethyl adjacent to an activating group) is 1. The second-order valence-electron chi connectivity index (χ2n) is 8.62. The van der Waals surface area contributed by atoms with Gasteiger partial charge in [0.25, 0.3) is 0 Å². The Morgan fingerprint density at radius 2 is 1.56 bits per heavy atom. The summed E-state index contributed by atoms with van der Waals surface area (Å²) in [5.41, 5.74) is 4.38. The highest BCUT2D eigenvalue weighted by Gasteiger charge is 2.27. The molecule has 0 saturated carbocycles. The zero-order valence-electron chi connectivity index (χ0n) is 19.7. The van der Waals surface area contributed by atoms with E-state index in [4.69, 9.17) is 4.74 Å². The molecule has 3 aromatic carbocycles. The first-order valence-corrected chi connectivity index (χ1v) is 12.1. The van der Waals surface area contributed by atoms with Gasteiger partial charge in [0, 0.05) is 25.3 Å². The summed E-state index contributed by atoms with van der Waals surface area (Å²) in [6, 6.07) is 25.0. The number of carbonyl (C=O) groups excluding carboxylic acids is 2. The molecule has 1 fully saturated rings. The summed E-state index contributed by atoms with van der Waals surface area (Å²) >= 11 is 0. The smallest absolute Gasteiger partial charge is 0.338 e. The van der Waals surface area contributed by atoms with Crippen LogP contribution in [0.3, 0.4) is 0 Å². The Labute approximate surface area is 201 Å². The summed E-state index contributed by atoms with van der Waals surface area (Å²) in [6.45, 7) is 4.73. The van der Waals surface area contributed by atoms with E-state index >= 15 is 0 Å². The SMILES string of the molecule is CCNC(=O)C(c1ccc(C(=O)OCc2ccccc2)cc1)c1ccccc1N1CCCCC1. The molecular weight excluding hydrogens is 424 g/mol. The van der Waals surface area contributed by atoms with E-state index in [1.54, 1.807) is 12.1 Å². The molecule has 0 aromatic heterocycles. The van der Waals surface area contributed by atoms with Crippen LogP contribution in [-0.4, -0.2) is 31.5 Å². The fourth-order valence-corrected chi connectivity index (χ4v) is 4.52. The zero-order chi connectivity index (χ0) is 23.8. The molecular formula is C29H32N2O3. The third kappa shape index (κ3) is 5.66. The fraction of sp³-hybridized carbons (Fsp3) is 0.310. The third-order valence-electron chi connectivity index (χ3n) is 6.25. The van der Waals surface area contributed by atoms with Gasteiger partial charge in [-0.25, -0.2) is 4.79 Å². The number of hydrogen-bond acceptors (Lipinski definition) is 4. The summed E-state index contributed by atoms with van der Waals surface area (Å²) in [5.74, 6) is -0.863. The minimum absolute atomic E-state index is 0.0358. The van der Waals surface area contributed by atoms with Gasteiger partial charge >= 0.3 is 5.97 Å². The largest absolute Gasteiger partial charge is 0.457 e. The van der Waals surface area contributed by atoms with Gasteiger partial charge in [0.1, 0.15) is 6.61 Å². The number of anilines is 1. The average molecular weight is 457 g/mol. The lowest BCUT2D eigenvalue weighted by molar-refractivity contribution is -0.121. The predicted molar refractivity (Wildman–Crippen MR) is 135 cm³/mol. The lowest BCUT2D eigenvalue weighted by Crippen LogP contribution is -2.34. The molecule has 5 heteroatoms. The standard InChI is InChI=1S/C29H32N2O3/c1-2-30-28(32)27(25-13-7-8-14-26(25)31-19-9-4-10-20-31)23-15-17-24(18-16-23)29(33)34-21-22-11-5-3-6-12-22/h3,5-8,11-18,27H,2,4,9-10,19-21H2,1H3,(H,30,32). The topological polar surface area (TPSA) is 58.6 Å². The maximum absolute atomic E-state index is 13.2. The van der Waals surface area contributed by atoms with E-state index in [1.807, 2.05) is 67.6 Å². The number of benzene rings is 3. The Hall–Kier alpha value is -3.60. The van der Waals surface area contributed by atoms with Crippen molar-refractivity contribution in [3.05, 3.63) is 101 Å². The first-order chi connectivity index (χ1) is 16.7. The van der Waals surface area contributed by atoms with Crippen LogP contribution in [0.1, 0.15) is 59.2 Å². The van der Waals surface area contributed by atoms with Crippen LogP contribution < -0.4 is 10.2 Å². The van der Waals surface area contributed by atoms with Gasteiger partial charge in [-0.3, -0.25) is 4.79 Å². The highest BCUT2D eigenvalue weighted by molar-refractivity contribution is 5.91. The normalized spacial score (nSPS) is 14.3. The van der Waals surface area contributed by atoms with E-state index in [9.17, 15) is 9.59 Å². The van der Waals surface area contributed by atoms with E-state index in [2.05, 4.69) is 16.3 Å². The summed E-state index contributed by atoms with van der Waals surface area (Å²) in [5, 5.41) is 3.00. The monoisotopic (exact) mass is 456 g/mol. The highest BCUT2D eigenvalue weighted by Crippen LogP contribution is 2.34. The zero-order valence-corrected chi connectivity index (χ0v) is 19.7. The molecule has 0 radical (unpaired) electrons. The number of para-hydroxylation sites is 1. The molecule has 0 aliphatic carbocycles. The van der Waals surface area contributed by atoms with E-state index in [-0.39, 0.29) is 18.5 Å². The maximum atomic E-state index is 13.2.